The molecule has 128 valence electrons. The first-order valence-corrected chi connectivity index (χ1v) is 9.41. The summed E-state index contributed by atoms with van der Waals surface area (Å²) in [5.74, 6) is 0.0135. The first-order valence-electron chi connectivity index (χ1n) is 8.22. The summed E-state index contributed by atoms with van der Waals surface area (Å²) in [6.45, 7) is 0. The van der Waals surface area contributed by atoms with Crippen LogP contribution >= 0.6 is 22.9 Å². The zero-order chi connectivity index (χ0) is 17.5. The van der Waals surface area contributed by atoms with Crippen LogP contribution in [-0.4, -0.2) is 10.9 Å². The minimum Gasteiger partial charge on any atom is -0.302 e. The molecule has 0 saturated heterocycles. The van der Waals surface area contributed by atoms with Crippen LogP contribution in [0.1, 0.15) is 28.8 Å². The molecule has 0 spiro atoms. The second-order valence-electron chi connectivity index (χ2n) is 5.83. The molecule has 0 aliphatic heterocycles. The van der Waals surface area contributed by atoms with Crippen molar-refractivity contribution in [2.24, 2.45) is 0 Å². The molecule has 25 heavy (non-hydrogen) atoms. The summed E-state index contributed by atoms with van der Waals surface area (Å²) >= 11 is 7.51. The molecule has 0 saturated carbocycles. The number of hydrogen-bond donors (Lipinski definition) is 1. The van der Waals surface area contributed by atoms with E-state index in [4.69, 9.17) is 11.6 Å². The van der Waals surface area contributed by atoms with Gasteiger partial charge in [-0.1, -0.05) is 54.1 Å². The molecule has 1 amide bonds. The Kier molecular flexibility index (Phi) is 6.20. The van der Waals surface area contributed by atoms with E-state index in [0.29, 0.717) is 11.6 Å². The lowest BCUT2D eigenvalue weighted by Crippen LogP contribution is -2.11. The summed E-state index contributed by atoms with van der Waals surface area (Å²) in [7, 11) is 0. The molecule has 1 aromatic heterocycles. The number of nitrogens with one attached hydrogen (secondary N) is 1. The molecule has 1 N–H and O–H groups in total. The summed E-state index contributed by atoms with van der Waals surface area (Å²) in [6, 6.07) is 18.0. The minimum atomic E-state index is 0.0135. The van der Waals surface area contributed by atoms with Gasteiger partial charge in [0.15, 0.2) is 5.13 Å². The van der Waals surface area contributed by atoms with Crippen LogP contribution in [0.15, 0.2) is 60.8 Å². The Morgan fingerprint density at radius 1 is 1.08 bits per heavy atom. The average molecular weight is 371 g/mol. The van der Waals surface area contributed by atoms with Crippen molar-refractivity contribution in [1.29, 1.82) is 0 Å². The maximum absolute atomic E-state index is 12.1. The van der Waals surface area contributed by atoms with Crippen molar-refractivity contribution in [3.63, 3.8) is 0 Å². The van der Waals surface area contributed by atoms with Crippen LogP contribution in [0.25, 0.3) is 0 Å². The number of rotatable bonds is 7. The lowest BCUT2D eigenvalue weighted by molar-refractivity contribution is -0.116. The predicted octanol–water partition coefficient (Wildman–Crippen LogP) is 5.35. The molecule has 0 atom stereocenters. The normalized spacial score (nSPS) is 10.6. The molecule has 0 unspecified atom stereocenters. The third-order valence-corrected chi connectivity index (χ3v) is 4.93. The summed E-state index contributed by atoms with van der Waals surface area (Å²) in [6.07, 6.45) is 4.81. The number of amides is 1. The van der Waals surface area contributed by atoms with Gasteiger partial charge in [0, 0.05) is 28.9 Å². The van der Waals surface area contributed by atoms with Gasteiger partial charge in [0.25, 0.3) is 0 Å². The van der Waals surface area contributed by atoms with E-state index in [1.807, 2.05) is 48.7 Å². The Labute approximate surface area is 156 Å². The van der Waals surface area contributed by atoms with Crippen molar-refractivity contribution in [2.45, 2.75) is 25.7 Å². The summed E-state index contributed by atoms with van der Waals surface area (Å²) in [4.78, 5) is 17.4. The average Bonchev–Trinajstić information content (AvgIpc) is 3.02. The van der Waals surface area contributed by atoms with Crippen molar-refractivity contribution in [2.75, 3.05) is 5.32 Å². The van der Waals surface area contributed by atoms with E-state index in [9.17, 15) is 4.79 Å². The lowest BCUT2D eigenvalue weighted by Gasteiger charge is -2.02. The molecule has 0 radical (unpaired) electrons. The van der Waals surface area contributed by atoms with Crippen LogP contribution in [-0.2, 0) is 17.6 Å². The number of anilines is 1. The Bertz CT molecular complexity index is 832. The third-order valence-electron chi connectivity index (χ3n) is 3.78. The smallest absolute Gasteiger partial charge is 0.226 e. The van der Waals surface area contributed by atoms with Gasteiger partial charge in [-0.25, -0.2) is 4.98 Å². The summed E-state index contributed by atoms with van der Waals surface area (Å²) < 4.78 is 0. The molecular weight excluding hydrogens is 352 g/mol. The van der Waals surface area contributed by atoms with E-state index >= 15 is 0 Å². The fraction of sp³-hybridized carbons (Fsp3) is 0.200. The fourth-order valence-corrected chi connectivity index (χ4v) is 3.65. The maximum Gasteiger partial charge on any atom is 0.226 e. The molecule has 3 nitrogen and oxygen atoms in total. The molecule has 3 aromatic rings. The second kappa shape index (κ2) is 8.79. The van der Waals surface area contributed by atoms with Gasteiger partial charge >= 0.3 is 0 Å². The number of carbonyl (C=O) groups is 1. The Balaban J connectivity index is 1.46. The standard InChI is InChI=1S/C20H19ClN2OS/c21-17-10-4-9-16(12-17)13-18-14-22-20(25-18)23-19(24)11-5-8-15-6-2-1-3-7-15/h1-4,6-7,9-10,12,14H,5,8,11,13H2,(H,22,23,24). The Morgan fingerprint density at radius 3 is 2.68 bits per heavy atom. The van der Waals surface area contributed by atoms with E-state index < -0.39 is 0 Å². The van der Waals surface area contributed by atoms with Gasteiger partial charge < -0.3 is 5.32 Å². The van der Waals surface area contributed by atoms with Crippen LogP contribution in [0, 0.1) is 0 Å². The second-order valence-corrected chi connectivity index (χ2v) is 7.38. The number of nitrogens with zero attached hydrogens (tertiary/aromatic N) is 1. The van der Waals surface area contributed by atoms with E-state index in [1.165, 1.54) is 16.9 Å². The van der Waals surface area contributed by atoms with Gasteiger partial charge in [-0.05, 0) is 36.1 Å². The van der Waals surface area contributed by atoms with Gasteiger partial charge in [-0.2, -0.15) is 0 Å². The zero-order valence-corrected chi connectivity index (χ0v) is 15.3. The Hall–Kier alpha value is -2.17. The van der Waals surface area contributed by atoms with E-state index in [1.54, 1.807) is 0 Å². The summed E-state index contributed by atoms with van der Waals surface area (Å²) in [5, 5.41) is 4.27. The van der Waals surface area contributed by atoms with Crippen LogP contribution in [0.4, 0.5) is 5.13 Å². The molecule has 0 aliphatic rings. The molecule has 0 aliphatic carbocycles. The van der Waals surface area contributed by atoms with Crippen molar-refractivity contribution < 1.29 is 4.79 Å². The topological polar surface area (TPSA) is 42.0 Å². The third kappa shape index (κ3) is 5.69. The number of benzene rings is 2. The number of carbonyl (C=O) groups excluding carboxylic acids is 1. The first-order chi connectivity index (χ1) is 12.2. The highest BCUT2D eigenvalue weighted by Crippen LogP contribution is 2.22. The number of thiazole rings is 1. The number of halogens is 1. The zero-order valence-electron chi connectivity index (χ0n) is 13.7. The molecule has 3 rings (SSSR count). The predicted molar refractivity (Wildman–Crippen MR) is 104 cm³/mol. The van der Waals surface area contributed by atoms with Crippen LogP contribution < -0.4 is 5.32 Å². The molecule has 0 bridgehead atoms. The molecule has 1 heterocycles. The molecular formula is C20H19ClN2OS. The monoisotopic (exact) mass is 370 g/mol. The van der Waals surface area contributed by atoms with Gasteiger partial charge in [-0.15, -0.1) is 11.3 Å². The van der Waals surface area contributed by atoms with Crippen LogP contribution in [0.3, 0.4) is 0 Å². The maximum atomic E-state index is 12.1. The first kappa shape index (κ1) is 17.6. The molecule has 2 aromatic carbocycles. The highest BCUT2D eigenvalue weighted by Gasteiger charge is 2.08. The highest BCUT2D eigenvalue weighted by atomic mass is 35.5. The van der Waals surface area contributed by atoms with Crippen molar-refractivity contribution in [3.05, 3.63) is 81.8 Å². The highest BCUT2D eigenvalue weighted by molar-refractivity contribution is 7.15. The van der Waals surface area contributed by atoms with E-state index in [-0.39, 0.29) is 5.91 Å². The lowest BCUT2D eigenvalue weighted by atomic mass is 10.1. The minimum absolute atomic E-state index is 0.0135. The van der Waals surface area contributed by atoms with E-state index in [2.05, 4.69) is 22.4 Å². The van der Waals surface area contributed by atoms with Gasteiger partial charge in [0.05, 0.1) is 0 Å². The van der Waals surface area contributed by atoms with Crippen molar-refractivity contribution in [1.82, 2.24) is 4.98 Å². The summed E-state index contributed by atoms with van der Waals surface area (Å²) in [5.41, 5.74) is 2.39. The van der Waals surface area contributed by atoms with E-state index in [0.717, 1.165) is 34.7 Å². The van der Waals surface area contributed by atoms with Gasteiger partial charge in [0.1, 0.15) is 0 Å². The number of aryl methyl sites for hydroxylation is 1. The van der Waals surface area contributed by atoms with Crippen molar-refractivity contribution >= 4 is 34.0 Å². The van der Waals surface area contributed by atoms with Crippen molar-refractivity contribution in [3.8, 4) is 0 Å². The molecule has 0 fully saturated rings. The quantitative estimate of drug-likeness (QED) is 0.609. The van der Waals surface area contributed by atoms with Gasteiger partial charge in [0.2, 0.25) is 5.91 Å². The van der Waals surface area contributed by atoms with Crippen LogP contribution in [0.2, 0.25) is 5.02 Å². The largest absolute Gasteiger partial charge is 0.302 e. The fourth-order valence-electron chi connectivity index (χ4n) is 2.57. The Morgan fingerprint density at radius 2 is 1.88 bits per heavy atom. The SMILES string of the molecule is O=C(CCCc1ccccc1)Nc1ncc(Cc2cccc(Cl)c2)s1. The number of hydrogen-bond acceptors (Lipinski definition) is 3. The molecule has 5 heteroatoms. The van der Waals surface area contributed by atoms with Crippen LogP contribution in [0.5, 0.6) is 0 Å². The van der Waals surface area contributed by atoms with Gasteiger partial charge in [-0.3, -0.25) is 4.79 Å². The number of aromatic nitrogens is 1.